The molecule has 77 valence electrons. The molecule has 0 fully saturated rings. The van der Waals surface area contributed by atoms with Crippen LogP contribution in [0.15, 0.2) is 47.2 Å². The van der Waals surface area contributed by atoms with Crippen molar-refractivity contribution in [3.8, 4) is 11.6 Å². The zero-order valence-electron chi connectivity index (χ0n) is 8.25. The molecule has 0 aliphatic rings. The molecule has 0 unspecified atom stereocenters. The highest BCUT2D eigenvalue weighted by molar-refractivity contribution is 5.83. The second-order valence-electron chi connectivity index (χ2n) is 3.26. The fraction of sp³-hybridized carbons (Fsp3) is 0. The van der Waals surface area contributed by atoms with E-state index in [-0.39, 0.29) is 0 Å². The number of benzene rings is 2. The lowest BCUT2D eigenvalue weighted by molar-refractivity contribution is 0.392. The summed E-state index contributed by atoms with van der Waals surface area (Å²) in [4.78, 5) is 0. The maximum Gasteiger partial charge on any atom is 0.280 e. The molecule has 0 aliphatic heterocycles. The predicted molar refractivity (Wildman–Crippen MR) is 57.2 cm³/mol. The lowest BCUT2D eigenvalue weighted by atomic mass is 10.1. The molecule has 0 saturated heterocycles. The number of hydrogen-bond acceptors (Lipinski definition) is 4. The summed E-state index contributed by atoms with van der Waals surface area (Å²) in [6.07, 6.45) is 1.34. The Morgan fingerprint density at radius 2 is 2.06 bits per heavy atom. The summed E-state index contributed by atoms with van der Waals surface area (Å²) in [6.45, 7) is 0. The van der Waals surface area contributed by atoms with Crippen LogP contribution in [-0.4, -0.2) is 10.4 Å². The van der Waals surface area contributed by atoms with Gasteiger partial charge in [0.05, 0.1) is 0 Å². The van der Waals surface area contributed by atoms with Gasteiger partial charge in [-0.15, -0.1) is 0 Å². The molecule has 4 nitrogen and oxygen atoms in total. The molecule has 0 spiro atoms. The molecule has 0 N–H and O–H groups in total. The van der Waals surface area contributed by atoms with E-state index in [9.17, 15) is 0 Å². The molecule has 0 bridgehead atoms. The van der Waals surface area contributed by atoms with Crippen LogP contribution in [-0.2, 0) is 0 Å². The van der Waals surface area contributed by atoms with E-state index in [0.29, 0.717) is 11.6 Å². The summed E-state index contributed by atoms with van der Waals surface area (Å²) < 4.78 is 9.98. The Hall–Kier alpha value is -2.36. The molecule has 16 heavy (non-hydrogen) atoms. The number of nitrogens with zero attached hydrogens (tertiary/aromatic N) is 2. The van der Waals surface area contributed by atoms with Crippen LogP contribution in [0.5, 0.6) is 11.6 Å². The molecule has 0 atom stereocenters. The first kappa shape index (κ1) is 8.91. The standard InChI is InChI=1S/C12H7N2O2/c1-2-4-10-7-11(6-5-9(10)3-1)16-12-8-15-14-13-12/h1-6,8H. The molecule has 0 aliphatic carbocycles. The minimum atomic E-state index is 0.325. The number of rotatable bonds is 2. The lowest BCUT2D eigenvalue weighted by Gasteiger charge is -2.01. The normalized spacial score (nSPS) is 10.5. The maximum absolute atomic E-state index is 5.40. The van der Waals surface area contributed by atoms with Crippen molar-refractivity contribution in [1.82, 2.24) is 10.4 Å². The average Bonchev–Trinajstić information content (AvgIpc) is 2.82. The summed E-state index contributed by atoms with van der Waals surface area (Å²) in [5, 5.41) is 9.06. The van der Waals surface area contributed by atoms with Crippen molar-refractivity contribution >= 4 is 10.8 Å². The third-order valence-corrected chi connectivity index (χ3v) is 2.19. The average molecular weight is 211 g/mol. The molecule has 4 heteroatoms. The van der Waals surface area contributed by atoms with Gasteiger partial charge >= 0.3 is 0 Å². The Bertz CT molecular complexity index is 605. The number of aromatic nitrogens is 2. The molecular formula is C12H7N2O2. The first-order valence-corrected chi connectivity index (χ1v) is 4.78. The van der Waals surface area contributed by atoms with Gasteiger partial charge in [-0.25, -0.2) is 0 Å². The van der Waals surface area contributed by atoms with Crippen LogP contribution >= 0.6 is 0 Å². The van der Waals surface area contributed by atoms with E-state index >= 15 is 0 Å². The Morgan fingerprint density at radius 3 is 2.94 bits per heavy atom. The van der Waals surface area contributed by atoms with Gasteiger partial charge in [0, 0.05) is 11.3 Å². The van der Waals surface area contributed by atoms with E-state index in [1.165, 1.54) is 6.26 Å². The molecule has 0 saturated carbocycles. The van der Waals surface area contributed by atoms with E-state index in [1.807, 2.05) is 36.4 Å². The Morgan fingerprint density at radius 1 is 1.12 bits per heavy atom. The van der Waals surface area contributed by atoms with Crippen LogP contribution in [0.3, 0.4) is 0 Å². The second kappa shape index (κ2) is 3.66. The molecule has 0 amide bonds. The molecule has 1 heterocycles. The molecule has 3 aromatic rings. The van der Waals surface area contributed by atoms with Gasteiger partial charge < -0.3 is 9.26 Å². The SMILES string of the molecule is [c]1c(Oc2conn2)ccc2ccccc12. The summed E-state index contributed by atoms with van der Waals surface area (Å²) >= 11 is 0. The van der Waals surface area contributed by atoms with Gasteiger partial charge in [0.15, 0.2) is 6.26 Å². The van der Waals surface area contributed by atoms with Crippen molar-refractivity contribution in [2.75, 3.05) is 0 Å². The third-order valence-electron chi connectivity index (χ3n) is 2.19. The van der Waals surface area contributed by atoms with E-state index in [2.05, 4.69) is 21.0 Å². The van der Waals surface area contributed by atoms with Gasteiger partial charge in [-0.3, -0.25) is 0 Å². The fourth-order valence-corrected chi connectivity index (χ4v) is 1.47. The van der Waals surface area contributed by atoms with E-state index in [1.54, 1.807) is 0 Å². The van der Waals surface area contributed by atoms with Gasteiger partial charge in [0.2, 0.25) is 0 Å². The smallest absolute Gasteiger partial charge is 0.280 e. The van der Waals surface area contributed by atoms with Crippen LogP contribution in [0.25, 0.3) is 10.8 Å². The van der Waals surface area contributed by atoms with Crippen LogP contribution in [0, 0.1) is 6.07 Å². The van der Waals surface area contributed by atoms with Crippen LogP contribution < -0.4 is 4.74 Å². The summed E-state index contributed by atoms with van der Waals surface area (Å²) in [5.41, 5.74) is 0. The minimum Gasteiger partial charge on any atom is -0.434 e. The van der Waals surface area contributed by atoms with E-state index in [0.717, 1.165) is 10.8 Å². The lowest BCUT2D eigenvalue weighted by Crippen LogP contribution is -1.84. The monoisotopic (exact) mass is 211 g/mol. The van der Waals surface area contributed by atoms with Gasteiger partial charge in [0.25, 0.3) is 5.88 Å². The van der Waals surface area contributed by atoms with Crippen molar-refractivity contribution in [1.29, 1.82) is 0 Å². The summed E-state index contributed by atoms with van der Waals surface area (Å²) in [6, 6.07) is 14.9. The first-order chi connectivity index (χ1) is 7.92. The van der Waals surface area contributed by atoms with Crippen molar-refractivity contribution < 1.29 is 9.26 Å². The van der Waals surface area contributed by atoms with Crippen LogP contribution in [0.1, 0.15) is 0 Å². The largest absolute Gasteiger partial charge is 0.434 e. The molecule has 3 rings (SSSR count). The Kier molecular flexibility index (Phi) is 2.04. The minimum absolute atomic E-state index is 0.325. The molecular weight excluding hydrogens is 204 g/mol. The van der Waals surface area contributed by atoms with Gasteiger partial charge in [0.1, 0.15) is 5.75 Å². The zero-order chi connectivity index (χ0) is 10.8. The van der Waals surface area contributed by atoms with Crippen LogP contribution in [0.4, 0.5) is 0 Å². The van der Waals surface area contributed by atoms with Crippen molar-refractivity contribution in [2.45, 2.75) is 0 Å². The molecule has 1 radical (unpaired) electrons. The molecule has 1 aromatic heterocycles. The number of fused-ring (bicyclic) bond motifs is 1. The quantitative estimate of drug-likeness (QED) is 0.653. The number of ether oxygens (including phenoxy) is 1. The second-order valence-corrected chi connectivity index (χ2v) is 3.26. The van der Waals surface area contributed by atoms with Crippen molar-refractivity contribution in [2.24, 2.45) is 0 Å². The van der Waals surface area contributed by atoms with E-state index < -0.39 is 0 Å². The Balaban J connectivity index is 1.99. The highest BCUT2D eigenvalue weighted by Crippen LogP contribution is 2.23. The van der Waals surface area contributed by atoms with Crippen molar-refractivity contribution in [3.63, 3.8) is 0 Å². The highest BCUT2D eigenvalue weighted by Gasteiger charge is 2.02. The van der Waals surface area contributed by atoms with Crippen molar-refractivity contribution in [3.05, 3.63) is 48.7 Å². The summed E-state index contributed by atoms with van der Waals surface area (Å²) in [7, 11) is 0. The predicted octanol–water partition coefficient (Wildman–Crippen LogP) is 2.82. The third kappa shape index (κ3) is 1.61. The van der Waals surface area contributed by atoms with Gasteiger partial charge in [-0.2, -0.15) is 0 Å². The number of hydrogen-bond donors (Lipinski definition) is 0. The zero-order valence-corrected chi connectivity index (χ0v) is 8.25. The first-order valence-electron chi connectivity index (χ1n) is 4.78. The van der Waals surface area contributed by atoms with E-state index in [4.69, 9.17) is 4.74 Å². The fourth-order valence-electron chi connectivity index (χ4n) is 1.47. The highest BCUT2D eigenvalue weighted by atomic mass is 16.5. The molecule has 2 aromatic carbocycles. The maximum atomic E-state index is 5.40. The summed E-state index contributed by atoms with van der Waals surface area (Å²) in [5.74, 6) is 0.918. The topological polar surface area (TPSA) is 48.2 Å². The van der Waals surface area contributed by atoms with Crippen LogP contribution in [0.2, 0.25) is 0 Å². The van der Waals surface area contributed by atoms with Gasteiger partial charge in [-0.05, 0) is 16.8 Å². The van der Waals surface area contributed by atoms with Gasteiger partial charge in [-0.1, -0.05) is 35.4 Å². The Labute approximate surface area is 91.4 Å².